The molecule has 0 unspecified atom stereocenters. The highest BCUT2D eigenvalue weighted by Crippen LogP contribution is 2.20. The van der Waals surface area contributed by atoms with Crippen molar-refractivity contribution in [2.45, 2.75) is 6.42 Å². The molecule has 1 saturated heterocycles. The normalized spacial score (nSPS) is 14.5. The Hall–Kier alpha value is -3.75. The van der Waals surface area contributed by atoms with Gasteiger partial charge in [0.05, 0.1) is 6.42 Å². The monoisotopic (exact) mass is 388 g/mol. The Morgan fingerprint density at radius 3 is 2.69 bits per heavy atom. The van der Waals surface area contributed by atoms with E-state index in [0.29, 0.717) is 25.3 Å². The highest BCUT2D eigenvalue weighted by atomic mass is 16.2. The van der Waals surface area contributed by atoms with Crippen LogP contribution in [0.1, 0.15) is 5.56 Å². The van der Waals surface area contributed by atoms with Crippen LogP contribution in [0.3, 0.4) is 0 Å². The van der Waals surface area contributed by atoms with Gasteiger partial charge in [-0.25, -0.2) is 19.6 Å². The molecule has 1 amide bonds. The number of H-pyrrole nitrogens is 1. The Bertz CT molecular complexity index is 1130. The topological polar surface area (TPSA) is 95.8 Å². The zero-order chi connectivity index (χ0) is 19.6. The number of carbonyl (C=O) groups excluding carboxylic acids is 1. The lowest BCUT2D eigenvalue weighted by atomic mass is 10.1. The average molecular weight is 388 g/mol. The predicted molar refractivity (Wildman–Crippen MR) is 108 cm³/mol. The smallest absolute Gasteiger partial charge is 0.227 e. The third-order valence-electron chi connectivity index (χ3n) is 5.26. The quantitative estimate of drug-likeness (QED) is 0.568. The van der Waals surface area contributed by atoms with Crippen molar-refractivity contribution >= 4 is 22.6 Å². The van der Waals surface area contributed by atoms with Crippen molar-refractivity contribution in [1.29, 1.82) is 0 Å². The molecule has 29 heavy (non-hydrogen) atoms. The second-order valence-corrected chi connectivity index (χ2v) is 6.98. The van der Waals surface area contributed by atoms with Crippen molar-refractivity contribution in [2.24, 2.45) is 0 Å². The molecular formula is C20H20N8O. The number of aromatic amines is 1. The molecule has 0 radical (unpaired) electrons. The molecule has 1 aromatic carbocycles. The summed E-state index contributed by atoms with van der Waals surface area (Å²) in [5.74, 6) is 1.65. The number of anilines is 1. The summed E-state index contributed by atoms with van der Waals surface area (Å²) in [4.78, 5) is 32.7. The summed E-state index contributed by atoms with van der Waals surface area (Å²) in [5, 5.41) is 5.22. The number of nitrogens with zero attached hydrogens (tertiary/aromatic N) is 7. The van der Waals surface area contributed by atoms with Gasteiger partial charge < -0.3 is 14.8 Å². The number of carbonyl (C=O) groups is 1. The average Bonchev–Trinajstić information content (AvgIpc) is 3.45. The fraction of sp³-hybridized carbons (Fsp3) is 0.250. The number of hydrogen-bond donors (Lipinski definition) is 1. The summed E-state index contributed by atoms with van der Waals surface area (Å²) in [6.45, 7) is 2.80. The van der Waals surface area contributed by atoms with Gasteiger partial charge in [-0.15, -0.1) is 0 Å². The molecule has 9 nitrogen and oxygen atoms in total. The number of piperazine rings is 1. The van der Waals surface area contributed by atoms with E-state index in [4.69, 9.17) is 0 Å². The van der Waals surface area contributed by atoms with Gasteiger partial charge in [0.2, 0.25) is 5.91 Å². The second-order valence-electron chi connectivity index (χ2n) is 6.98. The van der Waals surface area contributed by atoms with Gasteiger partial charge in [0.1, 0.15) is 24.8 Å². The number of hydrogen-bond acceptors (Lipinski definition) is 6. The van der Waals surface area contributed by atoms with Crippen molar-refractivity contribution < 1.29 is 4.79 Å². The van der Waals surface area contributed by atoms with E-state index >= 15 is 0 Å². The van der Waals surface area contributed by atoms with Crippen LogP contribution < -0.4 is 4.90 Å². The van der Waals surface area contributed by atoms with Crippen molar-refractivity contribution in [1.82, 2.24) is 34.6 Å². The molecule has 9 heteroatoms. The van der Waals surface area contributed by atoms with Crippen molar-refractivity contribution in [3.8, 4) is 5.82 Å². The Morgan fingerprint density at radius 1 is 1.03 bits per heavy atom. The first-order valence-corrected chi connectivity index (χ1v) is 9.53. The van der Waals surface area contributed by atoms with Gasteiger partial charge in [0.25, 0.3) is 0 Å². The third-order valence-corrected chi connectivity index (χ3v) is 5.26. The number of rotatable bonds is 4. The summed E-state index contributed by atoms with van der Waals surface area (Å²) < 4.78 is 1.60. The SMILES string of the molecule is O=C(Cc1c[nH]c2ccccc12)N1CCN(c2cc(-n3cncn3)ncn2)CC1. The van der Waals surface area contributed by atoms with Crippen LogP contribution in [0.5, 0.6) is 0 Å². The molecule has 1 fully saturated rings. The molecule has 1 N–H and O–H groups in total. The van der Waals surface area contributed by atoms with Gasteiger partial charge in [-0.05, 0) is 11.6 Å². The van der Waals surface area contributed by atoms with E-state index in [9.17, 15) is 4.79 Å². The summed E-state index contributed by atoms with van der Waals surface area (Å²) in [7, 11) is 0. The second kappa shape index (κ2) is 7.34. The molecule has 3 aromatic heterocycles. The Balaban J connectivity index is 1.23. The standard InChI is InChI=1S/C20H20N8O/c29-20(9-15-11-22-17-4-2-1-3-16(15)17)27-7-5-26(6-8-27)18-10-19(24-13-23-18)28-14-21-12-25-28/h1-4,10-14,22H,5-9H2. The molecule has 1 aliphatic heterocycles. The number of benzene rings is 1. The largest absolute Gasteiger partial charge is 0.361 e. The maximum absolute atomic E-state index is 12.8. The van der Waals surface area contributed by atoms with Gasteiger partial charge in [0.15, 0.2) is 5.82 Å². The Labute approximate surface area is 167 Å². The number of amides is 1. The summed E-state index contributed by atoms with van der Waals surface area (Å²) in [6.07, 6.45) is 6.95. The fourth-order valence-corrected chi connectivity index (χ4v) is 3.70. The zero-order valence-electron chi connectivity index (χ0n) is 15.8. The van der Waals surface area contributed by atoms with Crippen molar-refractivity contribution in [2.75, 3.05) is 31.1 Å². The fourth-order valence-electron chi connectivity index (χ4n) is 3.70. The summed E-state index contributed by atoms with van der Waals surface area (Å²) in [5.41, 5.74) is 2.10. The molecule has 1 aliphatic rings. The highest BCUT2D eigenvalue weighted by molar-refractivity contribution is 5.89. The van der Waals surface area contributed by atoms with Crippen LogP contribution >= 0.6 is 0 Å². The number of fused-ring (bicyclic) bond motifs is 1. The van der Waals surface area contributed by atoms with E-state index in [0.717, 1.165) is 35.4 Å². The number of nitrogens with one attached hydrogen (secondary N) is 1. The first-order valence-electron chi connectivity index (χ1n) is 9.53. The lowest BCUT2D eigenvalue weighted by Gasteiger charge is -2.35. The lowest BCUT2D eigenvalue weighted by molar-refractivity contribution is -0.130. The Morgan fingerprint density at radius 2 is 1.86 bits per heavy atom. The van der Waals surface area contributed by atoms with Crippen molar-refractivity contribution in [3.05, 3.63) is 61.1 Å². The zero-order valence-corrected chi connectivity index (χ0v) is 15.8. The predicted octanol–water partition coefficient (Wildman–Crippen LogP) is 1.43. The molecule has 5 rings (SSSR count). The van der Waals surface area contributed by atoms with E-state index in [-0.39, 0.29) is 5.91 Å². The molecular weight excluding hydrogens is 368 g/mol. The molecule has 4 heterocycles. The van der Waals surface area contributed by atoms with Gasteiger partial charge in [-0.3, -0.25) is 4.79 Å². The molecule has 0 saturated carbocycles. The number of aromatic nitrogens is 6. The summed E-state index contributed by atoms with van der Waals surface area (Å²) in [6, 6.07) is 9.95. The van der Waals surface area contributed by atoms with Crippen LogP contribution in [0.15, 0.2) is 55.5 Å². The first kappa shape index (κ1) is 17.4. The van der Waals surface area contributed by atoms with E-state index in [1.54, 1.807) is 11.0 Å². The van der Waals surface area contributed by atoms with E-state index in [1.165, 1.54) is 12.7 Å². The number of para-hydroxylation sites is 1. The molecule has 4 aromatic rings. The third kappa shape index (κ3) is 3.42. The van der Waals surface area contributed by atoms with Crippen LogP contribution in [0, 0.1) is 0 Å². The molecule has 146 valence electrons. The van der Waals surface area contributed by atoms with Crippen LogP contribution in [0.4, 0.5) is 5.82 Å². The van der Waals surface area contributed by atoms with Crippen LogP contribution in [0.25, 0.3) is 16.7 Å². The van der Waals surface area contributed by atoms with Crippen LogP contribution in [-0.4, -0.2) is 66.7 Å². The minimum absolute atomic E-state index is 0.153. The van der Waals surface area contributed by atoms with Gasteiger partial charge >= 0.3 is 0 Å². The van der Waals surface area contributed by atoms with E-state index in [2.05, 4.69) is 29.9 Å². The van der Waals surface area contributed by atoms with Crippen LogP contribution in [0.2, 0.25) is 0 Å². The van der Waals surface area contributed by atoms with E-state index < -0.39 is 0 Å². The Kier molecular flexibility index (Phi) is 4.39. The first-order chi connectivity index (χ1) is 14.3. The van der Waals surface area contributed by atoms with E-state index in [1.807, 2.05) is 41.4 Å². The minimum Gasteiger partial charge on any atom is -0.361 e. The minimum atomic E-state index is 0.153. The lowest BCUT2D eigenvalue weighted by Crippen LogP contribution is -2.49. The molecule has 0 atom stereocenters. The maximum Gasteiger partial charge on any atom is 0.227 e. The molecule has 0 aliphatic carbocycles. The molecule has 0 spiro atoms. The maximum atomic E-state index is 12.8. The van der Waals surface area contributed by atoms with Crippen LogP contribution in [-0.2, 0) is 11.2 Å². The van der Waals surface area contributed by atoms with Gasteiger partial charge in [0, 0.05) is 49.3 Å². The highest BCUT2D eigenvalue weighted by Gasteiger charge is 2.23. The summed E-state index contributed by atoms with van der Waals surface area (Å²) >= 11 is 0. The van der Waals surface area contributed by atoms with Crippen molar-refractivity contribution in [3.63, 3.8) is 0 Å². The molecule has 0 bridgehead atoms. The van der Waals surface area contributed by atoms with Gasteiger partial charge in [-0.1, -0.05) is 18.2 Å². The van der Waals surface area contributed by atoms with Gasteiger partial charge in [-0.2, -0.15) is 5.10 Å².